The molecule has 1 rings (SSSR count). The third-order valence-electron chi connectivity index (χ3n) is 2.43. The van der Waals surface area contributed by atoms with Gasteiger partial charge in [-0.25, -0.2) is 0 Å². The molecule has 0 radical (unpaired) electrons. The first-order chi connectivity index (χ1) is 6.33. The summed E-state index contributed by atoms with van der Waals surface area (Å²) < 4.78 is 4.92. The second-order valence-electron chi connectivity index (χ2n) is 3.56. The summed E-state index contributed by atoms with van der Waals surface area (Å²) in [6, 6.07) is 0.430. The largest absolute Gasteiger partial charge is 0.381 e. The Morgan fingerprint density at radius 3 is 2.69 bits per heavy atom. The molecule has 3 nitrogen and oxygen atoms in total. The van der Waals surface area contributed by atoms with E-state index in [0.29, 0.717) is 12.6 Å². The van der Waals surface area contributed by atoms with Crippen molar-refractivity contribution >= 4 is 0 Å². The highest BCUT2D eigenvalue weighted by molar-refractivity contribution is 4.86. The average Bonchev–Trinajstić information content (AvgIpc) is 2.15. The minimum absolute atomic E-state index is 0.430. The van der Waals surface area contributed by atoms with E-state index in [9.17, 15) is 0 Å². The van der Waals surface area contributed by atoms with E-state index < -0.39 is 0 Å². The summed E-state index contributed by atoms with van der Waals surface area (Å²) in [6.45, 7) is 4.03. The van der Waals surface area contributed by atoms with Crippen LogP contribution in [0.2, 0.25) is 0 Å². The average molecular weight is 184 g/mol. The molecule has 0 amide bonds. The summed E-state index contributed by atoms with van der Waals surface area (Å²) in [6.07, 6.45) is 6.51. The summed E-state index contributed by atoms with van der Waals surface area (Å²) in [4.78, 5) is 2.43. The molecule has 0 unspecified atom stereocenters. The number of hydrogen-bond donors (Lipinski definition) is 1. The van der Waals surface area contributed by atoms with Crippen molar-refractivity contribution in [3.05, 3.63) is 12.2 Å². The molecule has 1 aliphatic rings. The van der Waals surface area contributed by atoms with Gasteiger partial charge in [0.05, 0.1) is 6.61 Å². The smallest absolute Gasteiger partial charge is 0.0644 e. The van der Waals surface area contributed by atoms with Gasteiger partial charge in [-0.1, -0.05) is 12.2 Å². The summed E-state index contributed by atoms with van der Waals surface area (Å²) >= 11 is 0. The lowest BCUT2D eigenvalue weighted by Crippen LogP contribution is -2.39. The zero-order chi connectivity index (χ0) is 9.52. The van der Waals surface area contributed by atoms with Crippen LogP contribution in [0.25, 0.3) is 0 Å². The molecule has 0 aliphatic carbocycles. The minimum atomic E-state index is 0.430. The summed E-state index contributed by atoms with van der Waals surface area (Å²) in [5, 5.41) is 0. The van der Waals surface area contributed by atoms with E-state index in [-0.39, 0.29) is 0 Å². The summed E-state index contributed by atoms with van der Waals surface area (Å²) in [7, 11) is 1.71. The molecule has 0 saturated carbocycles. The molecule has 0 atom stereocenters. The Morgan fingerprint density at radius 2 is 2.08 bits per heavy atom. The Kier molecular flexibility index (Phi) is 5.05. The van der Waals surface area contributed by atoms with Crippen LogP contribution in [-0.4, -0.2) is 44.3 Å². The number of likely N-dealkylation sites (tertiary alicyclic amines) is 1. The number of rotatable bonds is 4. The second-order valence-corrected chi connectivity index (χ2v) is 3.56. The number of piperidine rings is 1. The molecule has 2 N–H and O–H groups in total. The highest BCUT2D eigenvalue weighted by Crippen LogP contribution is 2.07. The van der Waals surface area contributed by atoms with Crippen LogP contribution in [0.5, 0.6) is 0 Å². The zero-order valence-electron chi connectivity index (χ0n) is 8.41. The first-order valence-corrected chi connectivity index (χ1v) is 4.95. The molecular formula is C10H20N2O. The Morgan fingerprint density at radius 1 is 1.38 bits per heavy atom. The SMILES string of the molecule is COC/C=C\CN1CCC(N)CC1. The van der Waals surface area contributed by atoms with Crippen LogP contribution in [0.4, 0.5) is 0 Å². The maximum Gasteiger partial charge on any atom is 0.0644 e. The number of methoxy groups -OCH3 is 1. The van der Waals surface area contributed by atoms with E-state index in [1.807, 2.05) is 0 Å². The van der Waals surface area contributed by atoms with Gasteiger partial charge >= 0.3 is 0 Å². The van der Waals surface area contributed by atoms with Crippen molar-refractivity contribution in [3.63, 3.8) is 0 Å². The van der Waals surface area contributed by atoms with Gasteiger partial charge in [0.2, 0.25) is 0 Å². The van der Waals surface area contributed by atoms with Crippen molar-refractivity contribution in [1.29, 1.82) is 0 Å². The van der Waals surface area contributed by atoms with Gasteiger partial charge in [-0.2, -0.15) is 0 Å². The highest BCUT2D eigenvalue weighted by Gasteiger charge is 2.13. The van der Waals surface area contributed by atoms with Gasteiger partial charge in [0.1, 0.15) is 0 Å². The molecule has 1 aliphatic heterocycles. The van der Waals surface area contributed by atoms with Crippen molar-refractivity contribution < 1.29 is 4.74 Å². The molecule has 0 spiro atoms. The van der Waals surface area contributed by atoms with Crippen LogP contribution in [0, 0.1) is 0 Å². The van der Waals surface area contributed by atoms with E-state index in [1.54, 1.807) is 7.11 Å². The molecular weight excluding hydrogens is 164 g/mol. The van der Waals surface area contributed by atoms with E-state index in [1.165, 1.54) is 0 Å². The number of nitrogens with two attached hydrogens (primary N) is 1. The predicted octanol–water partition coefficient (Wildman–Crippen LogP) is 0.612. The van der Waals surface area contributed by atoms with Gasteiger partial charge < -0.3 is 10.5 Å². The minimum Gasteiger partial charge on any atom is -0.381 e. The Labute approximate surface area is 80.5 Å². The molecule has 1 saturated heterocycles. The lowest BCUT2D eigenvalue weighted by molar-refractivity contribution is 0.226. The normalized spacial score (nSPS) is 21.4. The fourth-order valence-electron chi connectivity index (χ4n) is 1.52. The molecule has 1 fully saturated rings. The van der Waals surface area contributed by atoms with Crippen molar-refractivity contribution in [2.75, 3.05) is 33.4 Å². The Bertz CT molecular complexity index is 151. The van der Waals surface area contributed by atoms with Crippen LogP contribution in [0.15, 0.2) is 12.2 Å². The van der Waals surface area contributed by atoms with Crippen molar-refractivity contribution in [2.45, 2.75) is 18.9 Å². The van der Waals surface area contributed by atoms with Crippen molar-refractivity contribution in [1.82, 2.24) is 4.90 Å². The number of hydrogen-bond acceptors (Lipinski definition) is 3. The maximum atomic E-state index is 5.81. The van der Waals surface area contributed by atoms with E-state index in [0.717, 1.165) is 32.5 Å². The van der Waals surface area contributed by atoms with Gasteiger partial charge in [-0.15, -0.1) is 0 Å². The van der Waals surface area contributed by atoms with Crippen LogP contribution in [0.3, 0.4) is 0 Å². The van der Waals surface area contributed by atoms with Crippen LogP contribution in [-0.2, 0) is 4.74 Å². The maximum absolute atomic E-state index is 5.81. The molecule has 3 heteroatoms. The van der Waals surface area contributed by atoms with E-state index in [2.05, 4.69) is 17.1 Å². The van der Waals surface area contributed by atoms with Gasteiger partial charge in [0, 0.05) is 19.7 Å². The molecule has 1 heterocycles. The van der Waals surface area contributed by atoms with E-state index >= 15 is 0 Å². The highest BCUT2D eigenvalue weighted by atomic mass is 16.5. The first kappa shape index (κ1) is 10.7. The van der Waals surface area contributed by atoms with E-state index in [4.69, 9.17) is 10.5 Å². The van der Waals surface area contributed by atoms with Crippen molar-refractivity contribution in [3.8, 4) is 0 Å². The fraction of sp³-hybridized carbons (Fsp3) is 0.800. The Hall–Kier alpha value is -0.380. The lowest BCUT2D eigenvalue weighted by atomic mass is 10.1. The van der Waals surface area contributed by atoms with Gasteiger partial charge in [0.15, 0.2) is 0 Å². The lowest BCUT2D eigenvalue weighted by Gasteiger charge is -2.28. The number of nitrogens with zero attached hydrogens (tertiary/aromatic N) is 1. The molecule has 0 aromatic rings. The third kappa shape index (κ3) is 4.41. The Balaban J connectivity index is 2.08. The third-order valence-corrected chi connectivity index (χ3v) is 2.43. The van der Waals surface area contributed by atoms with Gasteiger partial charge in [-0.3, -0.25) is 4.90 Å². The first-order valence-electron chi connectivity index (χ1n) is 4.95. The standard InChI is InChI=1S/C10H20N2O/c1-13-9-3-2-6-12-7-4-10(11)5-8-12/h2-3,10H,4-9,11H2,1H3/b3-2-. The fourth-order valence-corrected chi connectivity index (χ4v) is 1.52. The van der Waals surface area contributed by atoms with Gasteiger partial charge in [-0.05, 0) is 25.9 Å². The zero-order valence-corrected chi connectivity index (χ0v) is 8.41. The molecule has 0 aromatic heterocycles. The molecule has 76 valence electrons. The summed E-state index contributed by atoms with van der Waals surface area (Å²) in [5.74, 6) is 0. The molecule has 0 aromatic carbocycles. The van der Waals surface area contributed by atoms with Crippen LogP contribution >= 0.6 is 0 Å². The van der Waals surface area contributed by atoms with Gasteiger partial charge in [0.25, 0.3) is 0 Å². The van der Waals surface area contributed by atoms with Crippen LogP contribution in [0.1, 0.15) is 12.8 Å². The molecule has 0 bridgehead atoms. The topological polar surface area (TPSA) is 38.5 Å². The quantitative estimate of drug-likeness (QED) is 0.651. The van der Waals surface area contributed by atoms with Crippen LogP contribution < -0.4 is 5.73 Å². The second kappa shape index (κ2) is 6.13. The summed E-state index contributed by atoms with van der Waals surface area (Å²) in [5.41, 5.74) is 5.81. The monoisotopic (exact) mass is 184 g/mol. The predicted molar refractivity (Wildman–Crippen MR) is 54.7 cm³/mol. The van der Waals surface area contributed by atoms with Crippen molar-refractivity contribution in [2.24, 2.45) is 5.73 Å². The molecule has 13 heavy (non-hydrogen) atoms. The number of ether oxygens (including phenoxy) is 1.